The first-order valence-electron chi connectivity index (χ1n) is 9.93. The standard InChI is InChI=1S/C24H21F4N3O2/c1-31(15-21(32)30-20-10-6-5-9-19(20)24(26,27)28)22(16-7-3-2-4-8-16)23(33)29-18-13-11-17(25)12-14-18/h2-14,22H,15H2,1H3,(H,29,33)(H,30,32). The Labute approximate surface area is 188 Å². The van der Waals surface area contributed by atoms with E-state index in [4.69, 9.17) is 0 Å². The summed E-state index contributed by atoms with van der Waals surface area (Å²) in [5.74, 6) is -1.66. The number of carbonyl (C=O) groups is 2. The number of nitrogens with one attached hydrogen (secondary N) is 2. The van der Waals surface area contributed by atoms with Crippen molar-refractivity contribution in [3.8, 4) is 0 Å². The van der Waals surface area contributed by atoms with Gasteiger partial charge in [0.1, 0.15) is 11.9 Å². The molecule has 0 aliphatic rings. The quantitative estimate of drug-likeness (QED) is 0.484. The van der Waals surface area contributed by atoms with Gasteiger partial charge in [0, 0.05) is 5.69 Å². The summed E-state index contributed by atoms with van der Waals surface area (Å²) in [6.07, 6.45) is -4.63. The number of nitrogens with zero attached hydrogens (tertiary/aromatic N) is 1. The van der Waals surface area contributed by atoms with Crippen molar-refractivity contribution in [2.45, 2.75) is 12.2 Å². The van der Waals surface area contributed by atoms with Crippen LogP contribution in [0.2, 0.25) is 0 Å². The van der Waals surface area contributed by atoms with Gasteiger partial charge in [-0.05, 0) is 49.0 Å². The fourth-order valence-corrected chi connectivity index (χ4v) is 3.33. The van der Waals surface area contributed by atoms with E-state index in [-0.39, 0.29) is 12.2 Å². The predicted molar refractivity (Wildman–Crippen MR) is 117 cm³/mol. The summed E-state index contributed by atoms with van der Waals surface area (Å²) in [6, 6.07) is 17.5. The number of benzene rings is 3. The van der Waals surface area contributed by atoms with Crippen LogP contribution in [0.4, 0.5) is 28.9 Å². The zero-order valence-electron chi connectivity index (χ0n) is 17.6. The van der Waals surface area contributed by atoms with E-state index in [0.29, 0.717) is 11.3 Å². The summed E-state index contributed by atoms with van der Waals surface area (Å²) in [5.41, 5.74) is -0.396. The number of carbonyl (C=O) groups excluding carboxylic acids is 2. The van der Waals surface area contributed by atoms with Crippen LogP contribution in [0.1, 0.15) is 17.2 Å². The van der Waals surface area contributed by atoms with Crippen LogP contribution in [0.15, 0.2) is 78.9 Å². The highest BCUT2D eigenvalue weighted by Gasteiger charge is 2.34. The van der Waals surface area contributed by atoms with Gasteiger partial charge in [0.15, 0.2) is 0 Å². The van der Waals surface area contributed by atoms with Crippen LogP contribution in [0.3, 0.4) is 0 Å². The maximum Gasteiger partial charge on any atom is 0.418 e. The van der Waals surface area contributed by atoms with Gasteiger partial charge in [0.05, 0.1) is 17.8 Å². The molecule has 0 saturated carbocycles. The number of amides is 2. The van der Waals surface area contributed by atoms with E-state index >= 15 is 0 Å². The van der Waals surface area contributed by atoms with E-state index in [0.717, 1.165) is 12.1 Å². The Bertz CT molecular complexity index is 1100. The van der Waals surface area contributed by atoms with E-state index < -0.39 is 35.4 Å². The van der Waals surface area contributed by atoms with E-state index in [9.17, 15) is 27.2 Å². The summed E-state index contributed by atoms with van der Waals surface area (Å²) >= 11 is 0. The number of likely N-dealkylation sites (N-methyl/N-ethyl adjacent to an activating group) is 1. The average Bonchev–Trinajstić information content (AvgIpc) is 2.76. The third kappa shape index (κ3) is 6.39. The van der Waals surface area contributed by atoms with E-state index in [1.54, 1.807) is 30.3 Å². The van der Waals surface area contributed by atoms with Gasteiger partial charge in [-0.15, -0.1) is 0 Å². The molecule has 0 spiro atoms. The predicted octanol–water partition coefficient (Wildman–Crippen LogP) is 5.09. The molecule has 33 heavy (non-hydrogen) atoms. The molecule has 2 N–H and O–H groups in total. The number of rotatable bonds is 7. The Balaban J connectivity index is 1.78. The molecule has 0 aromatic heterocycles. The molecule has 3 aromatic rings. The highest BCUT2D eigenvalue weighted by atomic mass is 19.4. The summed E-state index contributed by atoms with van der Waals surface area (Å²) in [4.78, 5) is 27.0. The Morgan fingerprint density at radius 3 is 2.12 bits per heavy atom. The number of alkyl halides is 3. The van der Waals surface area contributed by atoms with Gasteiger partial charge < -0.3 is 10.6 Å². The first kappa shape index (κ1) is 23.9. The monoisotopic (exact) mass is 459 g/mol. The first-order chi connectivity index (χ1) is 15.6. The maximum absolute atomic E-state index is 13.2. The van der Waals surface area contributed by atoms with Crippen molar-refractivity contribution in [1.29, 1.82) is 0 Å². The number of halogens is 4. The molecule has 1 atom stereocenters. The minimum absolute atomic E-state index is 0.359. The maximum atomic E-state index is 13.2. The molecule has 3 rings (SSSR count). The molecule has 9 heteroatoms. The Morgan fingerprint density at radius 2 is 1.48 bits per heavy atom. The molecule has 0 aliphatic heterocycles. The van der Waals surface area contributed by atoms with Gasteiger partial charge in [-0.3, -0.25) is 14.5 Å². The third-order valence-corrected chi connectivity index (χ3v) is 4.82. The Kier molecular flexibility index (Phi) is 7.44. The normalized spacial score (nSPS) is 12.3. The van der Waals surface area contributed by atoms with E-state index in [1.807, 2.05) is 0 Å². The largest absolute Gasteiger partial charge is 0.418 e. The van der Waals surface area contributed by atoms with Crippen molar-refractivity contribution < 1.29 is 27.2 Å². The Morgan fingerprint density at radius 1 is 0.879 bits per heavy atom. The first-order valence-corrected chi connectivity index (χ1v) is 9.93. The second-order valence-corrected chi connectivity index (χ2v) is 7.32. The number of hydrogen-bond acceptors (Lipinski definition) is 3. The SMILES string of the molecule is CN(CC(=O)Nc1ccccc1C(F)(F)F)C(C(=O)Nc1ccc(F)cc1)c1ccccc1. The second-order valence-electron chi connectivity index (χ2n) is 7.32. The molecule has 0 saturated heterocycles. The molecule has 172 valence electrons. The van der Waals surface area contributed by atoms with Crippen molar-refractivity contribution in [3.05, 3.63) is 95.8 Å². The van der Waals surface area contributed by atoms with Crippen molar-refractivity contribution >= 4 is 23.2 Å². The average molecular weight is 459 g/mol. The van der Waals surface area contributed by atoms with Crippen LogP contribution in [0.25, 0.3) is 0 Å². The van der Waals surface area contributed by atoms with Crippen molar-refractivity contribution in [1.82, 2.24) is 4.90 Å². The molecule has 0 fully saturated rings. The van der Waals surface area contributed by atoms with E-state index in [2.05, 4.69) is 10.6 Å². The number of para-hydroxylation sites is 1. The topological polar surface area (TPSA) is 61.4 Å². The molecule has 2 amide bonds. The summed E-state index contributed by atoms with van der Waals surface area (Å²) < 4.78 is 52.8. The number of anilines is 2. The fraction of sp³-hybridized carbons (Fsp3) is 0.167. The van der Waals surface area contributed by atoms with Crippen molar-refractivity contribution in [2.75, 3.05) is 24.2 Å². The van der Waals surface area contributed by atoms with Gasteiger partial charge in [-0.1, -0.05) is 42.5 Å². The lowest BCUT2D eigenvalue weighted by atomic mass is 10.0. The van der Waals surface area contributed by atoms with Gasteiger partial charge >= 0.3 is 6.18 Å². The summed E-state index contributed by atoms with van der Waals surface area (Å²) in [5, 5.41) is 4.95. The van der Waals surface area contributed by atoms with Crippen LogP contribution in [-0.4, -0.2) is 30.3 Å². The molecule has 3 aromatic carbocycles. The molecule has 0 radical (unpaired) electrons. The smallest absolute Gasteiger partial charge is 0.324 e. The van der Waals surface area contributed by atoms with Gasteiger partial charge in [-0.25, -0.2) is 4.39 Å². The second kappa shape index (κ2) is 10.3. The molecule has 0 heterocycles. The molecular formula is C24H21F4N3O2. The fourth-order valence-electron chi connectivity index (χ4n) is 3.33. The summed E-state index contributed by atoms with van der Waals surface area (Å²) in [7, 11) is 1.51. The lowest BCUT2D eigenvalue weighted by molar-refractivity contribution is -0.137. The van der Waals surface area contributed by atoms with Crippen molar-refractivity contribution in [2.24, 2.45) is 0 Å². The van der Waals surface area contributed by atoms with Crippen molar-refractivity contribution in [3.63, 3.8) is 0 Å². The third-order valence-electron chi connectivity index (χ3n) is 4.82. The van der Waals surface area contributed by atoms with Crippen LogP contribution in [-0.2, 0) is 15.8 Å². The highest BCUT2D eigenvalue weighted by molar-refractivity contribution is 5.97. The van der Waals surface area contributed by atoms with E-state index in [1.165, 1.54) is 48.3 Å². The highest BCUT2D eigenvalue weighted by Crippen LogP contribution is 2.34. The minimum atomic E-state index is -4.63. The minimum Gasteiger partial charge on any atom is -0.324 e. The van der Waals surface area contributed by atoms with Crippen LogP contribution >= 0.6 is 0 Å². The Hall–Kier alpha value is -3.72. The van der Waals surface area contributed by atoms with Gasteiger partial charge in [-0.2, -0.15) is 13.2 Å². The van der Waals surface area contributed by atoms with Gasteiger partial charge in [0.25, 0.3) is 0 Å². The van der Waals surface area contributed by atoms with Crippen LogP contribution < -0.4 is 10.6 Å². The zero-order chi connectivity index (χ0) is 24.0. The molecule has 1 unspecified atom stereocenters. The summed E-state index contributed by atoms with van der Waals surface area (Å²) in [6.45, 7) is -0.359. The molecule has 0 bridgehead atoms. The molecule has 5 nitrogen and oxygen atoms in total. The van der Waals surface area contributed by atoms with Crippen LogP contribution in [0, 0.1) is 5.82 Å². The lowest BCUT2D eigenvalue weighted by Crippen LogP contribution is -2.39. The lowest BCUT2D eigenvalue weighted by Gasteiger charge is -2.27. The zero-order valence-corrected chi connectivity index (χ0v) is 17.6. The van der Waals surface area contributed by atoms with Crippen LogP contribution in [0.5, 0.6) is 0 Å². The number of hydrogen-bond donors (Lipinski definition) is 2. The van der Waals surface area contributed by atoms with Gasteiger partial charge in [0.2, 0.25) is 11.8 Å². The molecule has 0 aliphatic carbocycles. The molecular weight excluding hydrogens is 438 g/mol.